The van der Waals surface area contributed by atoms with Crippen molar-refractivity contribution in [3.8, 4) is 0 Å². The third kappa shape index (κ3) is 7.67. The van der Waals surface area contributed by atoms with Gasteiger partial charge in [0.2, 0.25) is 0 Å². The first-order valence-corrected chi connectivity index (χ1v) is 16.5. The zero-order chi connectivity index (χ0) is 34.7. The number of amides is 1. The number of esters is 1. The zero-order valence-corrected chi connectivity index (χ0v) is 29.5. The molecule has 0 saturated carbocycles. The lowest BCUT2D eigenvalue weighted by Crippen LogP contribution is -2.60. The zero-order valence-electron chi connectivity index (χ0n) is 29.5. The van der Waals surface area contributed by atoms with Crippen molar-refractivity contribution in [1.82, 2.24) is 10.2 Å². The van der Waals surface area contributed by atoms with E-state index in [-0.39, 0.29) is 31.0 Å². The minimum atomic E-state index is -1.34. The molecule has 3 aliphatic rings. The molecule has 262 valence electrons. The van der Waals surface area contributed by atoms with Crippen LogP contribution >= 0.6 is 0 Å². The fourth-order valence-electron chi connectivity index (χ4n) is 7.62. The molecule has 46 heavy (non-hydrogen) atoms. The van der Waals surface area contributed by atoms with Crippen LogP contribution in [-0.2, 0) is 42.8 Å². The van der Waals surface area contributed by atoms with Gasteiger partial charge in [-0.15, -0.1) is 6.58 Å². The molecule has 0 bridgehead atoms. The van der Waals surface area contributed by atoms with Gasteiger partial charge in [0.05, 0.1) is 30.5 Å². The second kappa shape index (κ2) is 15.2. The van der Waals surface area contributed by atoms with Crippen molar-refractivity contribution < 1.29 is 47.6 Å². The predicted molar refractivity (Wildman–Crippen MR) is 170 cm³/mol. The van der Waals surface area contributed by atoms with Crippen molar-refractivity contribution >= 4 is 23.6 Å². The molecule has 12 heteroatoms. The molecule has 0 unspecified atom stereocenters. The van der Waals surface area contributed by atoms with Gasteiger partial charge in [0.15, 0.2) is 17.7 Å². The Morgan fingerprint density at radius 3 is 2.26 bits per heavy atom. The van der Waals surface area contributed by atoms with Crippen molar-refractivity contribution in [2.75, 3.05) is 27.8 Å². The summed E-state index contributed by atoms with van der Waals surface area (Å²) in [5.41, 5.74) is -2.57. The van der Waals surface area contributed by atoms with E-state index in [0.29, 0.717) is 12.8 Å². The molecule has 0 aromatic rings. The van der Waals surface area contributed by atoms with E-state index in [4.69, 9.17) is 28.4 Å². The van der Waals surface area contributed by atoms with E-state index in [0.717, 1.165) is 0 Å². The number of nitrogens with one attached hydrogen (secondary N) is 1. The van der Waals surface area contributed by atoms with Gasteiger partial charge in [-0.1, -0.05) is 33.8 Å². The summed E-state index contributed by atoms with van der Waals surface area (Å²) in [6.45, 7) is 17.9. The van der Waals surface area contributed by atoms with Crippen LogP contribution in [0.25, 0.3) is 0 Å². The van der Waals surface area contributed by atoms with Gasteiger partial charge < -0.3 is 38.6 Å². The Bertz CT molecular complexity index is 1130. The predicted octanol–water partition coefficient (Wildman–Crippen LogP) is 3.69. The van der Waals surface area contributed by atoms with Gasteiger partial charge in [-0.05, 0) is 61.1 Å². The third-order valence-electron chi connectivity index (χ3n) is 10.2. The van der Waals surface area contributed by atoms with Gasteiger partial charge in [0.25, 0.3) is 0 Å². The van der Waals surface area contributed by atoms with Gasteiger partial charge in [-0.25, -0.2) is 4.79 Å². The quantitative estimate of drug-likeness (QED) is 0.233. The largest absolute Gasteiger partial charge is 0.458 e. The summed E-state index contributed by atoms with van der Waals surface area (Å²) in [5, 5.41) is 2.79. The fourth-order valence-corrected chi connectivity index (χ4v) is 7.62. The molecule has 3 fully saturated rings. The summed E-state index contributed by atoms with van der Waals surface area (Å²) < 4.78 is 37.0. The molecule has 12 nitrogen and oxygen atoms in total. The number of nitrogens with zero attached hydrogens (tertiary/aromatic N) is 1. The molecule has 3 rings (SSSR count). The highest BCUT2D eigenvalue weighted by Gasteiger charge is 2.57. The molecular weight excluding hydrogens is 596 g/mol. The van der Waals surface area contributed by atoms with Gasteiger partial charge in [0, 0.05) is 30.9 Å². The Hall–Kier alpha value is -2.38. The van der Waals surface area contributed by atoms with Gasteiger partial charge in [-0.2, -0.15) is 0 Å². The number of rotatable bonds is 8. The van der Waals surface area contributed by atoms with E-state index in [1.807, 2.05) is 27.9 Å². The number of carbonyl (C=O) groups is 4. The molecule has 0 spiro atoms. The number of fused-ring (bicyclic) bond motifs is 1. The maximum absolute atomic E-state index is 14.2. The standard InChI is InChI=1S/C34H56N2O10/c1-13-15-42-33(8)17-18(3)25(37)20(5)28-34(9,46-32(40)35-28)24(14-2)44-30(39)22(7)26(38)21(6)29(33)45-31-27(41-12)23(36(10)11)16-19(4)43-31/h13,18-24,27-29,31H,1,14-17H2,2-12H3,(H,35,40)/t18-,19-,20+,21+,22-,23+,24-,27-,28-,29-,31+,33+,34-/m1/s1. The molecule has 3 heterocycles. The lowest BCUT2D eigenvalue weighted by Gasteiger charge is -2.48. The highest BCUT2D eigenvalue weighted by atomic mass is 16.7. The Morgan fingerprint density at radius 2 is 1.70 bits per heavy atom. The van der Waals surface area contributed by atoms with Crippen LogP contribution in [0.5, 0.6) is 0 Å². The van der Waals surface area contributed by atoms with Crippen LogP contribution in [0.3, 0.4) is 0 Å². The minimum absolute atomic E-state index is 0.0389. The second-order valence-electron chi connectivity index (χ2n) is 14.0. The number of carbonyl (C=O) groups excluding carboxylic acids is 4. The van der Waals surface area contributed by atoms with E-state index in [1.54, 1.807) is 47.8 Å². The normalized spacial score (nSPS) is 42.9. The van der Waals surface area contributed by atoms with Crippen LogP contribution in [0, 0.1) is 23.7 Å². The number of Topliss-reactive ketones (excluding diaryl/α,β-unsaturated/α-hetero) is 2. The van der Waals surface area contributed by atoms with E-state index in [2.05, 4.69) is 16.8 Å². The summed E-state index contributed by atoms with van der Waals surface area (Å²) in [6.07, 6.45) is -1.37. The van der Waals surface area contributed by atoms with Crippen LogP contribution < -0.4 is 5.32 Å². The molecule has 1 N–H and O–H groups in total. The van der Waals surface area contributed by atoms with E-state index in [9.17, 15) is 19.2 Å². The molecule has 0 aromatic heterocycles. The molecule has 1 amide bonds. The maximum atomic E-state index is 14.2. The highest BCUT2D eigenvalue weighted by molar-refractivity contribution is 6.00. The maximum Gasteiger partial charge on any atom is 0.408 e. The van der Waals surface area contributed by atoms with Crippen molar-refractivity contribution in [3.63, 3.8) is 0 Å². The smallest absolute Gasteiger partial charge is 0.408 e. The van der Waals surface area contributed by atoms with Crippen LogP contribution in [0.15, 0.2) is 12.7 Å². The Kier molecular flexibility index (Phi) is 12.6. The number of hydrogen-bond donors (Lipinski definition) is 1. The molecule has 0 aromatic carbocycles. The second-order valence-corrected chi connectivity index (χ2v) is 14.0. The van der Waals surface area contributed by atoms with E-state index >= 15 is 0 Å². The lowest BCUT2D eigenvalue weighted by molar-refractivity contribution is -0.300. The lowest BCUT2D eigenvalue weighted by atomic mass is 9.73. The summed E-state index contributed by atoms with van der Waals surface area (Å²) in [6, 6.07) is -0.821. The first kappa shape index (κ1) is 38.1. The topological polar surface area (TPSA) is 139 Å². The van der Waals surface area contributed by atoms with Crippen molar-refractivity contribution in [2.45, 2.75) is 129 Å². The molecule has 0 aliphatic carbocycles. The monoisotopic (exact) mass is 652 g/mol. The van der Waals surface area contributed by atoms with Crippen molar-refractivity contribution in [1.29, 1.82) is 0 Å². The van der Waals surface area contributed by atoms with E-state index in [1.165, 1.54) is 6.92 Å². The Balaban J connectivity index is 2.15. The third-order valence-corrected chi connectivity index (χ3v) is 10.2. The highest BCUT2D eigenvalue weighted by Crippen LogP contribution is 2.40. The summed E-state index contributed by atoms with van der Waals surface area (Å²) in [5.74, 6) is -4.70. The number of hydrogen-bond acceptors (Lipinski definition) is 11. The summed E-state index contributed by atoms with van der Waals surface area (Å²) >= 11 is 0. The van der Waals surface area contributed by atoms with Crippen LogP contribution in [0.2, 0.25) is 0 Å². The number of methoxy groups -OCH3 is 1. The average molecular weight is 653 g/mol. The Morgan fingerprint density at radius 1 is 1.04 bits per heavy atom. The molecule has 13 atom stereocenters. The first-order valence-electron chi connectivity index (χ1n) is 16.5. The fraction of sp³-hybridized carbons (Fsp3) is 0.824. The summed E-state index contributed by atoms with van der Waals surface area (Å²) in [7, 11) is 5.52. The minimum Gasteiger partial charge on any atom is -0.458 e. The number of ether oxygens (including phenoxy) is 6. The van der Waals surface area contributed by atoms with E-state index < -0.39 is 83.4 Å². The molecule has 3 saturated heterocycles. The van der Waals surface area contributed by atoms with Gasteiger partial charge >= 0.3 is 12.1 Å². The number of alkyl carbamates (subject to hydrolysis) is 1. The molecule has 3 aliphatic heterocycles. The number of ketones is 2. The summed E-state index contributed by atoms with van der Waals surface area (Å²) in [4.78, 5) is 56.5. The first-order chi connectivity index (χ1) is 21.4. The van der Waals surface area contributed by atoms with Crippen LogP contribution in [0.1, 0.15) is 74.7 Å². The number of cyclic esters (lactones) is 1. The molecule has 0 radical (unpaired) electrons. The SMILES string of the molecule is C=CCO[C@@]1(C)C[C@@H](C)C(=O)[C@H](C)[C@H]2NC(=O)O[C@]2(C)[C@@H](CC)OC(=O)[C@H](C)C(=O)[C@H](C)[C@H]1O[C@@H]1O[C@H](C)C[C@H](N(C)C)[C@H]1OC. The van der Waals surface area contributed by atoms with Crippen molar-refractivity contribution in [3.05, 3.63) is 12.7 Å². The van der Waals surface area contributed by atoms with Crippen LogP contribution in [0.4, 0.5) is 4.79 Å². The van der Waals surface area contributed by atoms with Gasteiger partial charge in [-0.3, -0.25) is 14.4 Å². The Labute approximate surface area is 274 Å². The number of likely N-dealkylation sites (N-methyl/N-ethyl adjacent to an activating group) is 1. The molecular formula is C34H56N2O10. The van der Waals surface area contributed by atoms with Crippen molar-refractivity contribution in [2.24, 2.45) is 23.7 Å². The van der Waals surface area contributed by atoms with Gasteiger partial charge in [0.1, 0.15) is 23.9 Å². The van der Waals surface area contributed by atoms with Crippen LogP contribution in [-0.4, -0.2) is 110 Å². The average Bonchev–Trinajstić information content (AvgIpc) is 3.32.